The third kappa shape index (κ3) is 4.25. The Hall–Kier alpha value is -1.20. The van der Waals surface area contributed by atoms with Crippen LogP contribution >= 0.6 is 0 Å². The van der Waals surface area contributed by atoms with Gasteiger partial charge in [-0.3, -0.25) is 0 Å². The quantitative estimate of drug-likeness (QED) is 0.515. The molecule has 0 aliphatic heterocycles. The summed E-state index contributed by atoms with van der Waals surface area (Å²) in [5.41, 5.74) is 5.81. The van der Waals surface area contributed by atoms with Crippen molar-refractivity contribution in [3.63, 3.8) is 0 Å². The SMILES string of the molecule is C1=CC(CCC2C=Cc3ccccc32)c2ccccc21.C[CH-]C.[Zr]. The molecule has 0 saturated carbocycles. The maximum absolute atomic E-state index is 2.37. The fraction of sp³-hybridized carbons (Fsp3) is 0.261. The van der Waals surface area contributed by atoms with Gasteiger partial charge in [0.25, 0.3) is 0 Å². The van der Waals surface area contributed by atoms with Crippen LogP contribution < -0.4 is 0 Å². The van der Waals surface area contributed by atoms with Gasteiger partial charge in [0, 0.05) is 38.0 Å². The standard InChI is InChI=1S/C20H18.C3H7.Zr/c1-3-7-19-15(5-1)9-11-17(19)13-14-18-12-10-16-6-2-4-8-20(16)18;1-3-2;/h1-12,17-18H,13-14H2;3H,1-2H3;/q;-1;. The summed E-state index contributed by atoms with van der Waals surface area (Å²) in [6, 6.07) is 17.6. The van der Waals surface area contributed by atoms with Crippen molar-refractivity contribution in [2.75, 3.05) is 0 Å². The van der Waals surface area contributed by atoms with E-state index in [1.807, 2.05) is 20.3 Å². The van der Waals surface area contributed by atoms with Crippen molar-refractivity contribution in [2.24, 2.45) is 0 Å². The van der Waals surface area contributed by atoms with Crippen LogP contribution in [0.5, 0.6) is 0 Å². The molecule has 2 unspecified atom stereocenters. The predicted octanol–water partition coefficient (Wildman–Crippen LogP) is 6.62. The van der Waals surface area contributed by atoms with E-state index in [9.17, 15) is 0 Å². The molecular formula is C23H25Zr-. The van der Waals surface area contributed by atoms with E-state index < -0.39 is 0 Å². The van der Waals surface area contributed by atoms with Gasteiger partial charge in [-0.05, 0) is 35.1 Å². The molecule has 0 aromatic heterocycles. The van der Waals surface area contributed by atoms with Gasteiger partial charge in [0.2, 0.25) is 0 Å². The number of hydrogen-bond acceptors (Lipinski definition) is 0. The third-order valence-corrected chi connectivity index (χ3v) is 4.60. The molecule has 2 aliphatic carbocycles. The zero-order chi connectivity index (χ0) is 16.1. The van der Waals surface area contributed by atoms with Gasteiger partial charge in [-0.1, -0.05) is 72.8 Å². The molecule has 0 spiro atoms. The summed E-state index contributed by atoms with van der Waals surface area (Å²) in [4.78, 5) is 0. The molecular weight excluding hydrogens is 367 g/mol. The number of benzene rings is 2. The largest absolute Gasteiger partial charge is 0.335 e. The van der Waals surface area contributed by atoms with Gasteiger partial charge < -0.3 is 6.42 Å². The van der Waals surface area contributed by atoms with Gasteiger partial charge in [0.15, 0.2) is 0 Å². The van der Waals surface area contributed by atoms with Crippen molar-refractivity contribution in [3.05, 3.63) is 89.4 Å². The van der Waals surface area contributed by atoms with E-state index in [1.54, 1.807) is 0 Å². The van der Waals surface area contributed by atoms with Gasteiger partial charge in [0.1, 0.15) is 0 Å². The zero-order valence-electron chi connectivity index (χ0n) is 14.6. The summed E-state index contributed by atoms with van der Waals surface area (Å²) in [5.74, 6) is 1.21. The molecule has 24 heavy (non-hydrogen) atoms. The molecule has 4 rings (SSSR count). The molecule has 122 valence electrons. The molecule has 0 nitrogen and oxygen atoms in total. The van der Waals surface area contributed by atoms with Crippen LogP contribution in [0, 0.1) is 6.42 Å². The third-order valence-electron chi connectivity index (χ3n) is 4.60. The second-order valence-corrected chi connectivity index (χ2v) is 6.34. The number of hydrogen-bond donors (Lipinski definition) is 0. The van der Waals surface area contributed by atoms with E-state index >= 15 is 0 Å². The molecule has 2 atom stereocenters. The topological polar surface area (TPSA) is 0 Å². The summed E-state index contributed by atoms with van der Waals surface area (Å²) in [5, 5.41) is 0. The smallest absolute Gasteiger partial charge is 0.00275 e. The average molecular weight is 393 g/mol. The van der Waals surface area contributed by atoms with E-state index in [2.05, 4.69) is 72.8 Å². The Morgan fingerprint density at radius 1 is 0.708 bits per heavy atom. The Morgan fingerprint density at radius 2 is 1.08 bits per heavy atom. The zero-order valence-corrected chi connectivity index (χ0v) is 17.0. The summed E-state index contributed by atoms with van der Waals surface area (Å²) in [6.45, 7) is 4.00. The van der Waals surface area contributed by atoms with Crippen LogP contribution in [0.3, 0.4) is 0 Å². The van der Waals surface area contributed by atoms with Crippen molar-refractivity contribution in [2.45, 2.75) is 38.5 Å². The second kappa shape index (κ2) is 9.33. The minimum Gasteiger partial charge on any atom is -0.335 e. The van der Waals surface area contributed by atoms with Gasteiger partial charge >= 0.3 is 0 Å². The van der Waals surface area contributed by atoms with Crippen LogP contribution in [0.1, 0.15) is 60.8 Å². The molecule has 2 aromatic rings. The molecule has 0 radical (unpaired) electrons. The number of allylic oxidation sites excluding steroid dienone is 2. The van der Waals surface area contributed by atoms with Crippen molar-refractivity contribution in [1.29, 1.82) is 0 Å². The van der Waals surface area contributed by atoms with Crippen LogP contribution in [-0.2, 0) is 26.2 Å². The monoisotopic (exact) mass is 391 g/mol. The van der Waals surface area contributed by atoms with E-state index in [4.69, 9.17) is 0 Å². The van der Waals surface area contributed by atoms with Crippen LogP contribution in [0.2, 0.25) is 0 Å². The fourth-order valence-electron chi connectivity index (χ4n) is 3.51. The molecule has 2 aliphatic rings. The minimum atomic E-state index is 0. The molecule has 0 N–H and O–H groups in total. The maximum atomic E-state index is 2.37. The first-order chi connectivity index (χ1) is 11.3. The van der Waals surface area contributed by atoms with Gasteiger partial charge in [-0.2, -0.15) is 13.8 Å². The van der Waals surface area contributed by atoms with Crippen molar-refractivity contribution < 1.29 is 26.2 Å². The predicted molar refractivity (Wildman–Crippen MR) is 101 cm³/mol. The van der Waals surface area contributed by atoms with Crippen molar-refractivity contribution >= 4 is 12.2 Å². The molecule has 2 aromatic carbocycles. The number of fused-ring (bicyclic) bond motifs is 2. The Morgan fingerprint density at radius 3 is 1.50 bits per heavy atom. The first kappa shape index (κ1) is 19.1. The molecule has 0 amide bonds. The summed E-state index contributed by atoms with van der Waals surface area (Å²) >= 11 is 0. The Labute approximate surface area is 165 Å². The Kier molecular flexibility index (Phi) is 7.44. The van der Waals surface area contributed by atoms with Gasteiger partial charge in [-0.15, -0.1) is 0 Å². The Bertz CT molecular complexity index is 650. The van der Waals surface area contributed by atoms with E-state index in [1.165, 1.54) is 35.1 Å². The van der Waals surface area contributed by atoms with Crippen molar-refractivity contribution in [3.8, 4) is 0 Å². The normalized spacial score (nSPS) is 19.1. The van der Waals surface area contributed by atoms with Crippen LogP contribution in [0.25, 0.3) is 12.2 Å². The summed E-state index contributed by atoms with van der Waals surface area (Å²) < 4.78 is 0. The molecule has 0 saturated heterocycles. The molecule has 0 bridgehead atoms. The van der Waals surface area contributed by atoms with Gasteiger partial charge in [0.05, 0.1) is 0 Å². The first-order valence-electron chi connectivity index (χ1n) is 8.61. The van der Waals surface area contributed by atoms with Crippen LogP contribution in [-0.4, -0.2) is 0 Å². The average Bonchev–Trinajstić information content (AvgIpc) is 3.18. The summed E-state index contributed by atoms with van der Waals surface area (Å²) in [6.07, 6.45) is 13.8. The van der Waals surface area contributed by atoms with Gasteiger partial charge in [-0.25, -0.2) is 0 Å². The fourth-order valence-corrected chi connectivity index (χ4v) is 3.51. The Balaban J connectivity index is 0.000000487. The van der Waals surface area contributed by atoms with E-state index in [0.29, 0.717) is 11.8 Å². The minimum absolute atomic E-state index is 0. The molecule has 0 heterocycles. The van der Waals surface area contributed by atoms with Crippen LogP contribution in [0.4, 0.5) is 0 Å². The van der Waals surface area contributed by atoms with Crippen molar-refractivity contribution in [1.82, 2.24) is 0 Å². The van der Waals surface area contributed by atoms with Crippen LogP contribution in [0.15, 0.2) is 60.7 Å². The molecule has 0 fully saturated rings. The molecule has 1 heteroatoms. The van der Waals surface area contributed by atoms with E-state index in [0.717, 1.165) is 0 Å². The maximum Gasteiger partial charge on any atom is 0.00275 e. The summed E-state index contributed by atoms with van der Waals surface area (Å²) in [7, 11) is 0. The number of rotatable bonds is 3. The first-order valence-corrected chi connectivity index (χ1v) is 8.61. The second-order valence-electron chi connectivity index (χ2n) is 6.34. The van der Waals surface area contributed by atoms with E-state index in [-0.39, 0.29) is 26.2 Å².